The maximum atomic E-state index is 13.2. The number of nitrogens with one attached hydrogen (secondary N) is 3. The number of hydrogen-bond donors (Lipinski definition) is 3. The highest BCUT2D eigenvalue weighted by atomic mass is 31.2. The topological polar surface area (TPSA) is 115 Å². The lowest BCUT2D eigenvalue weighted by Gasteiger charge is -2.41. The van der Waals surface area contributed by atoms with E-state index in [0.717, 1.165) is 23.2 Å². The molecule has 3 aromatic carbocycles. The van der Waals surface area contributed by atoms with E-state index in [1.54, 1.807) is 13.8 Å². The Kier molecular flexibility index (Phi) is 15.5. The molecule has 1 unspecified atom stereocenters. The van der Waals surface area contributed by atoms with Crippen LogP contribution >= 0.6 is 7.60 Å². The Labute approximate surface area is 281 Å². The van der Waals surface area contributed by atoms with E-state index in [9.17, 15) is 14.2 Å². The minimum Gasteiger partial charge on any atom is -0.325 e. The summed E-state index contributed by atoms with van der Waals surface area (Å²) < 4.78 is 30.3. The lowest BCUT2D eigenvalue weighted by atomic mass is 10.1. The molecule has 0 saturated carbocycles. The summed E-state index contributed by atoms with van der Waals surface area (Å²) in [4.78, 5) is 26.3. The Bertz CT molecular complexity index is 1360. The molecule has 0 radical (unpaired) electrons. The van der Waals surface area contributed by atoms with Crippen molar-refractivity contribution in [2.45, 2.75) is 77.8 Å². The van der Waals surface area contributed by atoms with Crippen molar-refractivity contribution < 1.29 is 27.7 Å². The molecule has 3 aromatic rings. The molecule has 3 rings (SSSR count). The Morgan fingerprint density at radius 1 is 0.787 bits per heavy atom. The first kappa shape index (κ1) is 38.3. The highest BCUT2D eigenvalue weighted by molar-refractivity contribution is 7.53. The first-order valence-corrected chi connectivity index (χ1v) is 20.2. The minimum absolute atomic E-state index is 0.162. The molecule has 11 heteroatoms. The Balaban J connectivity index is 1.58. The summed E-state index contributed by atoms with van der Waals surface area (Å²) in [7, 11) is -6.12. The van der Waals surface area contributed by atoms with Crippen LogP contribution in [0.3, 0.4) is 0 Å². The smallest absolute Gasteiger partial charge is 0.325 e. The standard InChI is InChI=1S/C36H52N3O6PSi/c1-6-43-46(42,44-7-2)29-28-37-33(35(41)38-30-20-12-8-13-21-30)26-18-11-19-27-34(40)39-45-47(36(3,4)5,31-22-14-9-15-23-31)32-24-16-10-17-25-32/h8-10,12-17,20-25,33,37H,6-7,11,18-19,26-29H2,1-5H3,(H,38,41)(H,39,40). The zero-order valence-electron chi connectivity index (χ0n) is 28.5. The molecule has 0 aromatic heterocycles. The summed E-state index contributed by atoms with van der Waals surface area (Å²) in [5, 5.41) is 8.13. The predicted octanol–water partition coefficient (Wildman–Crippen LogP) is 6.41. The first-order chi connectivity index (χ1) is 22.5. The van der Waals surface area contributed by atoms with Crippen LogP contribution in [-0.4, -0.2) is 52.1 Å². The van der Waals surface area contributed by atoms with E-state index >= 15 is 0 Å². The van der Waals surface area contributed by atoms with E-state index < -0.39 is 22.0 Å². The van der Waals surface area contributed by atoms with Gasteiger partial charge in [-0.25, -0.2) is 5.48 Å². The van der Waals surface area contributed by atoms with Crippen LogP contribution in [0, 0.1) is 0 Å². The van der Waals surface area contributed by atoms with E-state index in [-0.39, 0.29) is 36.2 Å². The number of rotatable bonds is 20. The summed E-state index contributed by atoms with van der Waals surface area (Å²) in [6, 6.07) is 29.1. The lowest BCUT2D eigenvalue weighted by molar-refractivity contribution is -0.128. The van der Waals surface area contributed by atoms with E-state index in [0.29, 0.717) is 31.5 Å². The molecule has 47 heavy (non-hydrogen) atoms. The summed E-state index contributed by atoms with van der Waals surface area (Å²) in [5.74, 6) is -0.340. The molecule has 9 nitrogen and oxygen atoms in total. The number of hydroxylamine groups is 1. The van der Waals surface area contributed by atoms with Crippen LogP contribution in [0.4, 0.5) is 5.69 Å². The van der Waals surface area contributed by atoms with Crippen molar-refractivity contribution in [2.24, 2.45) is 0 Å². The number of para-hydroxylation sites is 1. The van der Waals surface area contributed by atoms with E-state index in [1.807, 2.05) is 66.7 Å². The molecule has 0 spiro atoms. The van der Waals surface area contributed by atoms with E-state index in [4.69, 9.17) is 13.6 Å². The molecule has 0 heterocycles. The maximum absolute atomic E-state index is 13.2. The normalized spacial score (nSPS) is 12.8. The van der Waals surface area contributed by atoms with Gasteiger partial charge in [-0.05, 0) is 54.2 Å². The van der Waals surface area contributed by atoms with E-state index in [1.165, 1.54) is 0 Å². The fourth-order valence-corrected chi connectivity index (χ4v) is 11.4. The molecule has 0 aliphatic rings. The van der Waals surface area contributed by atoms with Gasteiger partial charge >= 0.3 is 7.60 Å². The quantitative estimate of drug-likeness (QED) is 0.0547. The van der Waals surface area contributed by atoms with Crippen molar-refractivity contribution in [3.63, 3.8) is 0 Å². The van der Waals surface area contributed by atoms with Crippen LogP contribution < -0.4 is 26.5 Å². The van der Waals surface area contributed by atoms with Crippen LogP contribution in [0.25, 0.3) is 0 Å². The Morgan fingerprint density at radius 2 is 1.32 bits per heavy atom. The number of unbranched alkanes of at least 4 members (excludes halogenated alkanes) is 2. The largest absolute Gasteiger partial charge is 0.331 e. The van der Waals surface area contributed by atoms with Gasteiger partial charge in [0.25, 0.3) is 8.32 Å². The van der Waals surface area contributed by atoms with Crippen LogP contribution in [0.15, 0.2) is 91.0 Å². The number of amides is 2. The van der Waals surface area contributed by atoms with Gasteiger partial charge in [0.05, 0.1) is 25.4 Å². The second kappa shape index (κ2) is 19.0. The summed E-state index contributed by atoms with van der Waals surface area (Å²) >= 11 is 0. The lowest BCUT2D eigenvalue weighted by Crippen LogP contribution is -2.68. The van der Waals surface area contributed by atoms with Gasteiger partial charge in [-0.3, -0.25) is 14.2 Å². The van der Waals surface area contributed by atoms with Crippen molar-refractivity contribution in [1.82, 2.24) is 10.8 Å². The first-order valence-electron chi connectivity index (χ1n) is 16.6. The zero-order chi connectivity index (χ0) is 34.2. The van der Waals surface area contributed by atoms with Crippen molar-refractivity contribution in [3.05, 3.63) is 91.0 Å². The molecular formula is C36H52N3O6PSi. The summed E-state index contributed by atoms with van der Waals surface area (Å²) in [5.41, 5.74) is 3.54. The molecule has 256 valence electrons. The molecule has 2 amide bonds. The molecular weight excluding hydrogens is 629 g/mol. The number of benzene rings is 3. The highest BCUT2D eigenvalue weighted by Gasteiger charge is 2.51. The number of carbonyl (C=O) groups excluding carboxylic acids is 2. The molecule has 1 atom stereocenters. The monoisotopic (exact) mass is 681 g/mol. The van der Waals surface area contributed by atoms with Gasteiger partial charge in [-0.1, -0.05) is 112 Å². The third-order valence-electron chi connectivity index (χ3n) is 7.92. The molecule has 3 N–H and O–H groups in total. The average Bonchev–Trinajstić information content (AvgIpc) is 3.05. The van der Waals surface area contributed by atoms with Crippen LogP contribution in [0.1, 0.15) is 66.7 Å². The van der Waals surface area contributed by atoms with Gasteiger partial charge in [0.1, 0.15) is 0 Å². The van der Waals surface area contributed by atoms with Crippen molar-refractivity contribution in [1.29, 1.82) is 0 Å². The molecule has 0 fully saturated rings. The fraction of sp³-hybridized carbons (Fsp3) is 0.444. The molecule has 0 aliphatic carbocycles. The van der Waals surface area contributed by atoms with Crippen LogP contribution in [-0.2, 0) is 27.7 Å². The number of hydrogen-bond acceptors (Lipinski definition) is 7. The molecule has 0 bridgehead atoms. The molecule has 0 saturated heterocycles. The van der Waals surface area contributed by atoms with Crippen LogP contribution in [0.5, 0.6) is 0 Å². The fourth-order valence-electron chi connectivity index (χ4n) is 5.66. The van der Waals surface area contributed by atoms with Crippen LogP contribution in [0.2, 0.25) is 5.04 Å². The van der Waals surface area contributed by atoms with Gasteiger partial charge < -0.3 is 24.2 Å². The van der Waals surface area contributed by atoms with E-state index in [2.05, 4.69) is 61.2 Å². The van der Waals surface area contributed by atoms with Gasteiger partial charge in [0, 0.05) is 18.7 Å². The second-order valence-corrected chi connectivity index (χ2v) is 18.8. The van der Waals surface area contributed by atoms with Gasteiger partial charge in [-0.2, -0.15) is 0 Å². The highest BCUT2D eigenvalue weighted by Crippen LogP contribution is 2.47. The van der Waals surface area contributed by atoms with Crippen molar-refractivity contribution >= 4 is 43.8 Å². The minimum atomic E-state index is -3.24. The SMILES string of the molecule is CCOP(=O)(CCNC(CCCCCC(=O)NO[Si](c1ccccc1)(c1ccccc1)C(C)(C)C)C(=O)Nc1ccccc1)OCC. The average molecular weight is 682 g/mol. The summed E-state index contributed by atoms with van der Waals surface area (Å²) in [6.07, 6.45) is 3.13. The third kappa shape index (κ3) is 11.5. The third-order valence-corrected chi connectivity index (χ3v) is 14.8. The number of carbonyl (C=O) groups is 2. The van der Waals surface area contributed by atoms with Gasteiger partial charge in [0.2, 0.25) is 11.8 Å². The second-order valence-electron chi connectivity index (χ2n) is 12.4. The predicted molar refractivity (Wildman–Crippen MR) is 193 cm³/mol. The van der Waals surface area contributed by atoms with Crippen molar-refractivity contribution in [2.75, 3.05) is 31.2 Å². The van der Waals surface area contributed by atoms with Crippen molar-refractivity contribution in [3.8, 4) is 0 Å². The zero-order valence-corrected chi connectivity index (χ0v) is 30.4. The van der Waals surface area contributed by atoms with Gasteiger partial charge in [0.15, 0.2) is 0 Å². The molecule has 0 aliphatic heterocycles. The maximum Gasteiger partial charge on any atom is 0.331 e. The number of anilines is 1. The Hall–Kier alpha value is -3.11. The van der Waals surface area contributed by atoms with Gasteiger partial charge in [-0.15, -0.1) is 0 Å². The Morgan fingerprint density at radius 3 is 1.83 bits per heavy atom. The summed E-state index contributed by atoms with van der Waals surface area (Å²) in [6.45, 7) is 10.9.